The van der Waals surface area contributed by atoms with Crippen LogP contribution in [0, 0.1) is 0 Å². The Balaban J connectivity index is 0.709. The molecule has 6 aliphatic heterocycles. The van der Waals surface area contributed by atoms with Crippen LogP contribution in [0.5, 0.6) is 0 Å². The topological polar surface area (TPSA) is 166 Å². The lowest BCUT2D eigenvalue weighted by atomic mass is 9.93. The van der Waals surface area contributed by atoms with Crippen molar-refractivity contribution in [2.24, 2.45) is 17.0 Å². The zero-order valence-electron chi connectivity index (χ0n) is 30.7. The number of aryl methyl sites for hydroxylation is 2. The molecule has 2 amide bonds. The van der Waals surface area contributed by atoms with Crippen LogP contribution in [0.3, 0.4) is 0 Å². The molecule has 2 aromatic carbocycles. The van der Waals surface area contributed by atoms with Crippen molar-refractivity contribution in [3.8, 4) is 0 Å². The number of amides is 2. The first kappa shape index (κ1) is 33.6. The number of nitrogens with zero attached hydrogens (tertiary/aromatic N) is 10. The molecule has 15 heteroatoms. The maximum atomic E-state index is 13.0. The molecule has 5 atom stereocenters. The predicted molar refractivity (Wildman–Crippen MR) is 202 cm³/mol. The second-order valence-corrected chi connectivity index (χ2v) is 15.0. The summed E-state index contributed by atoms with van der Waals surface area (Å²) >= 11 is 0. The number of aromatic nitrogens is 6. The van der Waals surface area contributed by atoms with Crippen LogP contribution in [0.1, 0.15) is 84.8 Å². The van der Waals surface area contributed by atoms with Crippen LogP contribution >= 0.6 is 0 Å². The Morgan fingerprint density at radius 2 is 1.65 bits per heavy atom. The second kappa shape index (κ2) is 13.4. The molecule has 6 aliphatic rings. The third-order valence-electron chi connectivity index (χ3n) is 11.7. The van der Waals surface area contributed by atoms with E-state index < -0.39 is 0 Å². The average Bonchev–Trinajstić information content (AvgIpc) is 4.07. The summed E-state index contributed by atoms with van der Waals surface area (Å²) in [6, 6.07) is 12.7. The molecule has 280 valence electrons. The fourth-order valence-electron chi connectivity index (χ4n) is 8.86. The minimum atomic E-state index is -0.276. The van der Waals surface area contributed by atoms with Crippen molar-refractivity contribution < 1.29 is 23.5 Å². The van der Waals surface area contributed by atoms with Gasteiger partial charge in [-0.3, -0.25) is 19.8 Å². The number of aliphatic imine (C=N–C) groups is 2. The van der Waals surface area contributed by atoms with Gasteiger partial charge >= 0.3 is 12.2 Å². The van der Waals surface area contributed by atoms with Gasteiger partial charge in [0.05, 0.1) is 49.3 Å². The molecule has 2 aromatic heterocycles. The molecule has 2 saturated heterocycles. The maximum absolute atomic E-state index is 13.0. The van der Waals surface area contributed by atoms with Gasteiger partial charge in [0.2, 0.25) is 11.7 Å². The number of hydrogen-bond donors (Lipinski definition) is 0. The molecule has 0 N–H and O–H groups in total. The number of cyclic esters (lactones) is 2. The van der Waals surface area contributed by atoms with E-state index >= 15 is 0 Å². The lowest BCUT2D eigenvalue weighted by Crippen LogP contribution is -2.33. The minimum absolute atomic E-state index is 0.0122. The van der Waals surface area contributed by atoms with Gasteiger partial charge in [0.25, 0.3) is 5.89 Å². The number of benzene rings is 2. The number of unbranched alkanes of at least 4 members (excludes halogenated alkanes) is 1. The third-order valence-corrected chi connectivity index (χ3v) is 11.7. The van der Waals surface area contributed by atoms with Gasteiger partial charge in [-0.25, -0.2) is 9.59 Å². The van der Waals surface area contributed by atoms with Crippen molar-refractivity contribution in [3.05, 3.63) is 94.5 Å². The zero-order valence-corrected chi connectivity index (χ0v) is 30.7. The average molecular weight is 741 g/mol. The van der Waals surface area contributed by atoms with Crippen LogP contribution < -0.4 is 9.80 Å². The van der Waals surface area contributed by atoms with Gasteiger partial charge in [-0.05, 0) is 95.8 Å². The summed E-state index contributed by atoms with van der Waals surface area (Å²) in [7, 11) is 1.74. The lowest BCUT2D eigenvalue weighted by molar-refractivity contribution is 0.124. The first-order chi connectivity index (χ1) is 26.9. The fourth-order valence-corrected chi connectivity index (χ4v) is 8.86. The molecular weight excluding hydrogens is 701 g/mol. The Morgan fingerprint density at radius 1 is 0.873 bits per heavy atom. The van der Waals surface area contributed by atoms with Crippen LogP contribution in [0.4, 0.5) is 21.0 Å². The Morgan fingerprint density at radius 3 is 2.38 bits per heavy atom. The fraction of sp³-hybridized carbons (Fsp3) is 0.425. The van der Waals surface area contributed by atoms with E-state index in [-0.39, 0.29) is 42.4 Å². The van der Waals surface area contributed by atoms with E-state index in [9.17, 15) is 9.59 Å². The molecule has 15 nitrogen and oxygen atoms in total. The SMILES string of the molecule is CCC1OC(=O)N2c3ccc(C4C=CC(c5nnc(CCCCC6OC(=O)N7c8ccc(C9=CCC(c%10nnn(C)n%10)=NC9)cc8CC67)o5)=NC4)cc3CC12. The van der Waals surface area contributed by atoms with Gasteiger partial charge in [0, 0.05) is 18.8 Å². The van der Waals surface area contributed by atoms with E-state index in [1.54, 1.807) is 7.05 Å². The van der Waals surface area contributed by atoms with Gasteiger partial charge < -0.3 is 13.9 Å². The Hall–Kier alpha value is -5.99. The molecule has 0 bridgehead atoms. The third kappa shape index (κ3) is 5.92. The number of carbonyl (C=O) groups excluding carboxylic acids is 2. The van der Waals surface area contributed by atoms with Crippen LogP contribution in [-0.4, -0.2) is 91.4 Å². The number of fused-ring (bicyclic) bond motifs is 6. The Bertz CT molecular complexity index is 2340. The van der Waals surface area contributed by atoms with Crippen molar-refractivity contribution in [1.29, 1.82) is 0 Å². The van der Waals surface area contributed by atoms with Crippen LogP contribution in [-0.2, 0) is 35.8 Å². The van der Waals surface area contributed by atoms with Crippen molar-refractivity contribution >= 4 is 40.6 Å². The molecule has 0 radical (unpaired) electrons. The number of carbonyl (C=O) groups is 2. The van der Waals surface area contributed by atoms with Gasteiger partial charge in [0.15, 0.2) is 0 Å². The molecule has 0 aliphatic carbocycles. The van der Waals surface area contributed by atoms with Crippen molar-refractivity contribution in [1.82, 2.24) is 30.4 Å². The van der Waals surface area contributed by atoms with Gasteiger partial charge in [0.1, 0.15) is 17.9 Å². The molecule has 0 saturated carbocycles. The van der Waals surface area contributed by atoms with Crippen molar-refractivity contribution in [3.63, 3.8) is 0 Å². The molecule has 5 unspecified atom stereocenters. The minimum Gasteiger partial charge on any atom is -0.444 e. The lowest BCUT2D eigenvalue weighted by Gasteiger charge is -2.17. The largest absolute Gasteiger partial charge is 0.444 e. The highest BCUT2D eigenvalue weighted by Crippen LogP contribution is 2.43. The first-order valence-electron chi connectivity index (χ1n) is 19.2. The van der Waals surface area contributed by atoms with E-state index in [0.717, 1.165) is 72.3 Å². The number of allylic oxidation sites excluding steroid dienone is 2. The van der Waals surface area contributed by atoms with Crippen molar-refractivity contribution in [2.75, 3.05) is 22.9 Å². The smallest absolute Gasteiger partial charge is 0.415 e. The van der Waals surface area contributed by atoms with Gasteiger partial charge in [-0.2, -0.15) is 4.80 Å². The molecule has 0 spiro atoms. The number of ether oxygens (including phenoxy) is 2. The molecule has 8 heterocycles. The van der Waals surface area contributed by atoms with E-state index in [2.05, 4.69) is 68.9 Å². The van der Waals surface area contributed by atoms with E-state index in [0.29, 0.717) is 49.2 Å². The molecule has 2 fully saturated rings. The Labute approximate surface area is 316 Å². The van der Waals surface area contributed by atoms with Gasteiger partial charge in [-0.1, -0.05) is 37.3 Å². The Kier molecular flexibility index (Phi) is 8.17. The van der Waals surface area contributed by atoms with E-state index in [1.807, 2.05) is 28.0 Å². The number of dihydropyridines is 2. The highest BCUT2D eigenvalue weighted by atomic mass is 16.6. The van der Waals surface area contributed by atoms with Crippen LogP contribution in [0.15, 0.2) is 69.0 Å². The number of tetrazole rings is 1. The first-order valence-corrected chi connectivity index (χ1v) is 19.2. The summed E-state index contributed by atoms with van der Waals surface area (Å²) in [4.78, 5) is 40.1. The number of anilines is 2. The predicted octanol–water partition coefficient (Wildman–Crippen LogP) is 5.34. The molecule has 10 rings (SSSR count). The summed E-state index contributed by atoms with van der Waals surface area (Å²) in [5.74, 6) is 1.69. The molecule has 55 heavy (non-hydrogen) atoms. The monoisotopic (exact) mass is 740 g/mol. The zero-order chi connectivity index (χ0) is 37.2. The van der Waals surface area contributed by atoms with Crippen LogP contribution in [0.25, 0.3) is 5.57 Å². The summed E-state index contributed by atoms with van der Waals surface area (Å²) in [6.07, 6.45) is 11.6. The highest BCUT2D eigenvalue weighted by molar-refractivity contribution is 6.06. The number of rotatable bonds is 10. The maximum Gasteiger partial charge on any atom is 0.415 e. The molecule has 4 aromatic rings. The summed E-state index contributed by atoms with van der Waals surface area (Å²) < 4.78 is 17.4. The van der Waals surface area contributed by atoms with Gasteiger partial charge in [-0.15, -0.1) is 20.4 Å². The van der Waals surface area contributed by atoms with Crippen molar-refractivity contribution in [2.45, 2.75) is 88.5 Å². The normalized spacial score (nSPS) is 24.9. The second-order valence-electron chi connectivity index (χ2n) is 15.0. The molecular formula is C40H40N10O5. The van der Waals surface area contributed by atoms with E-state index in [1.165, 1.54) is 15.9 Å². The number of hydrogen-bond acceptors (Lipinski definition) is 12. The standard InChI is InChI=1S/C40H40N10O5/c1-3-34-32-18-26-16-23(10-14-30(26)49(32)39(51)53-34)25-9-13-29(42-21-25)38-45-43-36(55-38)7-5-4-6-35-33-19-27-17-22(11-15-31(27)50(33)40(52)54-35)24-8-12-28(41-20-24)37-44-47-48(2)46-37/h8-11,13-17,25,32-35H,3-7,12,18-21H2,1-2H3. The quantitative estimate of drug-likeness (QED) is 0.194. The van der Waals surface area contributed by atoms with E-state index in [4.69, 9.17) is 23.9 Å². The van der Waals surface area contributed by atoms with Crippen LogP contribution in [0.2, 0.25) is 0 Å². The highest BCUT2D eigenvalue weighted by Gasteiger charge is 2.48. The summed E-state index contributed by atoms with van der Waals surface area (Å²) in [6.45, 7) is 3.19. The summed E-state index contributed by atoms with van der Waals surface area (Å²) in [5, 5.41) is 20.9. The summed E-state index contributed by atoms with van der Waals surface area (Å²) in [5.41, 5.74) is 9.20.